The molecule has 0 saturated carbocycles. The lowest BCUT2D eigenvalue weighted by molar-refractivity contribution is 0.212. The fourth-order valence-electron chi connectivity index (χ4n) is 2.76. The Labute approximate surface area is 161 Å². The van der Waals surface area contributed by atoms with Crippen molar-refractivity contribution in [3.63, 3.8) is 0 Å². The van der Waals surface area contributed by atoms with Gasteiger partial charge in [0.05, 0.1) is 20.8 Å². The van der Waals surface area contributed by atoms with Crippen molar-refractivity contribution in [2.24, 2.45) is 4.99 Å². The van der Waals surface area contributed by atoms with Crippen LogP contribution in [0.3, 0.4) is 0 Å². The SMILES string of the molecule is CN=C(NCC(C)Oc1ccccc1OC)N(C)Cc1ccccc1OC. The van der Waals surface area contributed by atoms with Crippen LogP contribution in [-0.2, 0) is 6.54 Å². The summed E-state index contributed by atoms with van der Waals surface area (Å²) in [5, 5.41) is 3.35. The standard InChI is InChI=1S/C21H29N3O3/c1-16(27-20-13-9-8-12-19(20)26-5)14-23-21(22-2)24(3)15-17-10-6-7-11-18(17)25-4/h6-13,16H,14-15H2,1-5H3,(H,22,23). The van der Waals surface area contributed by atoms with Gasteiger partial charge < -0.3 is 24.4 Å². The molecule has 0 heterocycles. The molecule has 6 nitrogen and oxygen atoms in total. The maximum atomic E-state index is 5.98. The minimum Gasteiger partial charge on any atom is -0.496 e. The molecule has 0 aliphatic carbocycles. The number of hydrogen-bond acceptors (Lipinski definition) is 4. The van der Waals surface area contributed by atoms with Crippen molar-refractivity contribution in [2.75, 3.05) is 34.9 Å². The van der Waals surface area contributed by atoms with Crippen LogP contribution in [0, 0.1) is 0 Å². The summed E-state index contributed by atoms with van der Waals surface area (Å²) in [7, 11) is 7.09. The van der Waals surface area contributed by atoms with Gasteiger partial charge in [0.15, 0.2) is 17.5 Å². The largest absolute Gasteiger partial charge is 0.496 e. The van der Waals surface area contributed by atoms with E-state index in [9.17, 15) is 0 Å². The molecule has 1 atom stereocenters. The normalized spacial score (nSPS) is 12.3. The van der Waals surface area contributed by atoms with E-state index in [1.54, 1.807) is 21.3 Å². The molecule has 0 bridgehead atoms. The third-order valence-electron chi connectivity index (χ3n) is 4.12. The molecule has 2 rings (SSSR count). The van der Waals surface area contributed by atoms with Gasteiger partial charge in [-0.3, -0.25) is 4.99 Å². The minimum absolute atomic E-state index is 0.0577. The number of benzene rings is 2. The monoisotopic (exact) mass is 371 g/mol. The van der Waals surface area contributed by atoms with Crippen LogP contribution in [0.25, 0.3) is 0 Å². The Bertz CT molecular complexity index is 749. The predicted octanol–water partition coefficient (Wildman–Crippen LogP) is 3.18. The number of rotatable bonds is 8. The second-order valence-electron chi connectivity index (χ2n) is 6.18. The molecular weight excluding hydrogens is 342 g/mol. The Morgan fingerprint density at radius 2 is 1.59 bits per heavy atom. The van der Waals surface area contributed by atoms with Crippen LogP contribution in [0.4, 0.5) is 0 Å². The molecule has 2 aromatic carbocycles. The molecule has 0 radical (unpaired) electrons. The van der Waals surface area contributed by atoms with Crippen molar-refractivity contribution < 1.29 is 14.2 Å². The highest BCUT2D eigenvalue weighted by Gasteiger charge is 2.13. The summed E-state index contributed by atoms with van der Waals surface area (Å²) < 4.78 is 16.7. The highest BCUT2D eigenvalue weighted by molar-refractivity contribution is 5.79. The number of nitrogens with one attached hydrogen (secondary N) is 1. The Morgan fingerprint density at radius 1 is 1.00 bits per heavy atom. The average Bonchev–Trinajstić information content (AvgIpc) is 2.69. The summed E-state index contributed by atoms with van der Waals surface area (Å²) in [5.41, 5.74) is 1.10. The fraction of sp³-hybridized carbons (Fsp3) is 0.381. The van der Waals surface area contributed by atoms with Gasteiger partial charge in [-0.1, -0.05) is 30.3 Å². The number of nitrogens with zero attached hydrogens (tertiary/aromatic N) is 2. The zero-order valence-electron chi connectivity index (χ0n) is 16.7. The van der Waals surface area contributed by atoms with Crippen LogP contribution >= 0.6 is 0 Å². The van der Waals surface area contributed by atoms with Crippen LogP contribution in [-0.4, -0.2) is 51.8 Å². The molecule has 0 saturated heterocycles. The highest BCUT2D eigenvalue weighted by Crippen LogP contribution is 2.26. The van der Waals surface area contributed by atoms with Gasteiger partial charge in [-0.2, -0.15) is 0 Å². The van der Waals surface area contributed by atoms with E-state index in [0.717, 1.165) is 28.8 Å². The Hall–Kier alpha value is -2.89. The lowest BCUT2D eigenvalue weighted by Gasteiger charge is -2.25. The molecular formula is C21H29N3O3. The molecule has 0 aliphatic rings. The molecule has 27 heavy (non-hydrogen) atoms. The van der Waals surface area contributed by atoms with Crippen molar-refractivity contribution in [1.82, 2.24) is 10.2 Å². The number of ether oxygens (including phenoxy) is 3. The van der Waals surface area contributed by atoms with Crippen molar-refractivity contribution in [3.05, 3.63) is 54.1 Å². The first-order chi connectivity index (χ1) is 13.1. The summed E-state index contributed by atoms with van der Waals surface area (Å²) in [4.78, 5) is 6.41. The van der Waals surface area contributed by atoms with Crippen molar-refractivity contribution >= 4 is 5.96 Å². The summed E-state index contributed by atoms with van der Waals surface area (Å²) in [6.07, 6.45) is -0.0577. The molecule has 0 aromatic heterocycles. The van der Waals surface area contributed by atoms with Crippen molar-refractivity contribution in [1.29, 1.82) is 0 Å². The van der Waals surface area contributed by atoms with Crippen LogP contribution < -0.4 is 19.5 Å². The summed E-state index contributed by atoms with van der Waals surface area (Å²) in [5.74, 6) is 3.11. The van der Waals surface area contributed by atoms with E-state index in [1.165, 1.54) is 0 Å². The van der Waals surface area contributed by atoms with E-state index in [2.05, 4.69) is 16.4 Å². The molecule has 1 unspecified atom stereocenters. The Morgan fingerprint density at radius 3 is 2.22 bits per heavy atom. The zero-order valence-corrected chi connectivity index (χ0v) is 16.7. The lowest BCUT2D eigenvalue weighted by atomic mass is 10.2. The van der Waals surface area contributed by atoms with Crippen LogP contribution in [0.2, 0.25) is 0 Å². The molecule has 0 fully saturated rings. The second-order valence-corrected chi connectivity index (χ2v) is 6.18. The van der Waals surface area contributed by atoms with E-state index in [4.69, 9.17) is 14.2 Å². The van der Waals surface area contributed by atoms with Crippen molar-refractivity contribution in [3.8, 4) is 17.2 Å². The smallest absolute Gasteiger partial charge is 0.193 e. The van der Waals surface area contributed by atoms with E-state index in [0.29, 0.717) is 13.1 Å². The topological polar surface area (TPSA) is 55.3 Å². The second kappa shape index (κ2) is 10.3. The lowest BCUT2D eigenvalue weighted by Crippen LogP contribution is -2.42. The number of para-hydroxylation sites is 3. The molecule has 1 N–H and O–H groups in total. The van der Waals surface area contributed by atoms with Crippen molar-refractivity contribution in [2.45, 2.75) is 19.6 Å². The molecule has 0 amide bonds. The number of hydrogen-bond donors (Lipinski definition) is 1. The first kappa shape index (κ1) is 20.4. The Kier molecular flexibility index (Phi) is 7.79. The molecule has 2 aromatic rings. The van der Waals surface area contributed by atoms with E-state index < -0.39 is 0 Å². The summed E-state index contributed by atoms with van der Waals surface area (Å²) in [6.45, 7) is 3.30. The minimum atomic E-state index is -0.0577. The quantitative estimate of drug-likeness (QED) is 0.571. The molecule has 0 aliphatic heterocycles. The fourth-order valence-corrected chi connectivity index (χ4v) is 2.76. The zero-order chi connectivity index (χ0) is 19.6. The third kappa shape index (κ3) is 5.81. The number of aliphatic imine (C=N–C) groups is 1. The maximum Gasteiger partial charge on any atom is 0.193 e. The first-order valence-corrected chi connectivity index (χ1v) is 8.92. The van der Waals surface area contributed by atoms with Gasteiger partial charge >= 0.3 is 0 Å². The van der Waals surface area contributed by atoms with Gasteiger partial charge in [0.2, 0.25) is 0 Å². The van der Waals surface area contributed by atoms with Crippen LogP contribution in [0.15, 0.2) is 53.5 Å². The van der Waals surface area contributed by atoms with Crippen LogP contribution in [0.1, 0.15) is 12.5 Å². The predicted molar refractivity (Wildman–Crippen MR) is 109 cm³/mol. The molecule has 0 spiro atoms. The Balaban J connectivity index is 1.92. The molecule has 146 valence electrons. The van der Waals surface area contributed by atoms with Crippen LogP contribution in [0.5, 0.6) is 17.2 Å². The first-order valence-electron chi connectivity index (χ1n) is 8.92. The number of methoxy groups -OCH3 is 2. The van der Waals surface area contributed by atoms with Gasteiger partial charge in [0, 0.05) is 26.2 Å². The van der Waals surface area contributed by atoms with Gasteiger partial charge in [0.1, 0.15) is 11.9 Å². The highest BCUT2D eigenvalue weighted by atomic mass is 16.5. The summed E-state index contributed by atoms with van der Waals surface area (Å²) >= 11 is 0. The molecule has 6 heteroatoms. The van der Waals surface area contributed by atoms with E-state index >= 15 is 0 Å². The van der Waals surface area contributed by atoms with E-state index in [-0.39, 0.29) is 6.10 Å². The number of guanidine groups is 1. The third-order valence-corrected chi connectivity index (χ3v) is 4.12. The maximum absolute atomic E-state index is 5.98. The van der Waals surface area contributed by atoms with Gasteiger partial charge in [-0.15, -0.1) is 0 Å². The summed E-state index contributed by atoms with van der Waals surface area (Å²) in [6, 6.07) is 15.6. The van der Waals surface area contributed by atoms with Gasteiger partial charge in [0.25, 0.3) is 0 Å². The van der Waals surface area contributed by atoms with Gasteiger partial charge in [-0.05, 0) is 25.1 Å². The average molecular weight is 371 g/mol. The van der Waals surface area contributed by atoms with Gasteiger partial charge in [-0.25, -0.2) is 0 Å². The van der Waals surface area contributed by atoms with E-state index in [1.807, 2.05) is 61.3 Å².